The first-order valence-corrected chi connectivity index (χ1v) is 15.3. The van der Waals surface area contributed by atoms with E-state index in [2.05, 4.69) is 9.13 Å². The van der Waals surface area contributed by atoms with Crippen LogP contribution in [0.5, 0.6) is 11.5 Å². The van der Waals surface area contributed by atoms with Gasteiger partial charge in [-0.05, 0) is 69.2 Å². The Morgan fingerprint density at radius 3 is 2.05 bits per heavy atom. The lowest BCUT2D eigenvalue weighted by Crippen LogP contribution is -2.44. The molecule has 1 unspecified atom stereocenters. The molecule has 0 N–H and O–H groups in total. The van der Waals surface area contributed by atoms with Gasteiger partial charge in [-0.15, -0.1) is 0 Å². The molecule has 2 aromatic carbocycles. The van der Waals surface area contributed by atoms with Crippen molar-refractivity contribution in [3.63, 3.8) is 0 Å². The van der Waals surface area contributed by atoms with Crippen LogP contribution in [0.1, 0.15) is 52.7 Å². The topological polar surface area (TPSA) is 47.9 Å². The molecule has 0 aliphatic heterocycles. The largest absolute Gasteiger partial charge is 0.542 e. The van der Waals surface area contributed by atoms with Gasteiger partial charge in [-0.3, -0.25) is 0 Å². The van der Waals surface area contributed by atoms with E-state index in [1.54, 1.807) is 20.8 Å². The molecule has 0 fully saturated rings. The van der Waals surface area contributed by atoms with Gasteiger partial charge in [0.25, 0.3) is 8.32 Å². The van der Waals surface area contributed by atoms with Crippen molar-refractivity contribution in [2.75, 3.05) is 0 Å². The van der Waals surface area contributed by atoms with E-state index >= 15 is 0 Å². The monoisotopic (exact) mass is 567 g/mol. The minimum absolute atomic E-state index is 0.115. The molecule has 0 saturated carbocycles. The number of hydrogen-bond acceptors (Lipinski definition) is 3. The second-order valence-corrected chi connectivity index (χ2v) is 17.6. The summed E-state index contributed by atoms with van der Waals surface area (Å²) in [5, 5.41) is -0.273. The Labute approximate surface area is 216 Å². The molecule has 2 aromatic rings. The van der Waals surface area contributed by atoms with Gasteiger partial charge in [0.05, 0.1) is 10.5 Å². The van der Waals surface area contributed by atoms with E-state index in [0.29, 0.717) is 6.07 Å². The van der Waals surface area contributed by atoms with Gasteiger partial charge in [-0.1, -0.05) is 20.8 Å². The third-order valence-corrected chi connectivity index (χ3v) is 11.5. The van der Waals surface area contributed by atoms with E-state index in [0.717, 1.165) is 18.2 Å². The van der Waals surface area contributed by atoms with Crippen molar-refractivity contribution < 1.29 is 39.7 Å². The van der Waals surface area contributed by atoms with Gasteiger partial charge in [-0.25, -0.2) is 13.0 Å². The fourth-order valence-electron chi connectivity index (χ4n) is 2.61. The average molecular weight is 568 g/mol. The smallest absolute Gasteiger partial charge is 0.461 e. The second-order valence-electron chi connectivity index (χ2n) is 10.9. The summed E-state index contributed by atoms with van der Waals surface area (Å²) in [6.45, 7) is 14.6. The average Bonchev–Trinajstić information content (AvgIpc) is 2.71. The van der Waals surface area contributed by atoms with Crippen LogP contribution in [0.25, 0.3) is 0 Å². The highest BCUT2D eigenvalue weighted by Crippen LogP contribution is 2.38. The standard InChI is InChI=1S/C25H31F6NO3SSi/c1-23(2,3)36(33)32-21(16-11-17(26)14-18(12-16)34-25(30,31)22(28)29)15-9-10-19(27)20(13-15)35-37(7,8)24(4,5)6/h9-14,22H,1-8H3. The first-order chi connectivity index (χ1) is 16.6. The summed E-state index contributed by atoms with van der Waals surface area (Å²) in [7, 11) is -4.43. The van der Waals surface area contributed by atoms with E-state index in [1.807, 2.05) is 33.9 Å². The zero-order valence-corrected chi connectivity index (χ0v) is 23.7. The predicted molar refractivity (Wildman–Crippen MR) is 136 cm³/mol. The predicted octanol–water partition coefficient (Wildman–Crippen LogP) is 7.89. The molecule has 0 radical (unpaired) electrons. The number of alkyl halides is 4. The molecule has 0 amide bonds. The van der Waals surface area contributed by atoms with E-state index in [9.17, 15) is 30.6 Å². The van der Waals surface area contributed by atoms with Gasteiger partial charge < -0.3 is 9.16 Å². The van der Waals surface area contributed by atoms with E-state index in [-0.39, 0.29) is 27.6 Å². The van der Waals surface area contributed by atoms with Crippen LogP contribution in [-0.4, -0.2) is 35.5 Å². The SMILES string of the molecule is CC(C)(C)S(=O)N=C(c1cc(F)cc(OC(F)(F)C(F)F)c1)c1ccc(F)c(O[Si](C)(C)C(C)(C)C)c1. The third kappa shape index (κ3) is 7.82. The van der Waals surface area contributed by atoms with Crippen molar-refractivity contribution in [2.45, 2.75) is 77.0 Å². The molecule has 206 valence electrons. The maximum absolute atomic E-state index is 14.8. The highest BCUT2D eigenvalue weighted by molar-refractivity contribution is 7.85. The highest BCUT2D eigenvalue weighted by Gasteiger charge is 2.44. The Morgan fingerprint density at radius 2 is 1.54 bits per heavy atom. The lowest BCUT2D eigenvalue weighted by Gasteiger charge is -2.36. The zero-order chi connectivity index (χ0) is 28.6. The molecule has 0 aliphatic rings. The first kappa shape index (κ1) is 30.9. The van der Waals surface area contributed by atoms with E-state index < -0.39 is 54.0 Å². The van der Waals surface area contributed by atoms with Crippen molar-refractivity contribution in [3.05, 3.63) is 59.2 Å². The lowest BCUT2D eigenvalue weighted by atomic mass is 10.0. The maximum atomic E-state index is 14.8. The van der Waals surface area contributed by atoms with Crippen LogP contribution in [0.3, 0.4) is 0 Å². The van der Waals surface area contributed by atoms with Crippen LogP contribution in [0.15, 0.2) is 40.8 Å². The van der Waals surface area contributed by atoms with Crippen LogP contribution in [0.2, 0.25) is 18.1 Å². The summed E-state index contributed by atoms with van der Waals surface area (Å²) in [4.78, 5) is 0. The lowest BCUT2D eigenvalue weighted by molar-refractivity contribution is -0.253. The van der Waals surface area contributed by atoms with Crippen molar-refractivity contribution in [1.82, 2.24) is 0 Å². The van der Waals surface area contributed by atoms with Gasteiger partial charge >= 0.3 is 12.5 Å². The van der Waals surface area contributed by atoms with Crippen LogP contribution in [0, 0.1) is 11.6 Å². The molecule has 0 saturated heterocycles. The van der Waals surface area contributed by atoms with Gasteiger partial charge in [0.15, 0.2) is 5.82 Å². The quantitative estimate of drug-likeness (QED) is 0.185. The fraction of sp³-hybridized carbons (Fsp3) is 0.480. The summed E-state index contributed by atoms with van der Waals surface area (Å²) in [6, 6.07) is 5.95. The number of halogens is 6. The molecule has 0 aromatic heterocycles. The maximum Gasteiger partial charge on any atom is 0.461 e. The summed E-state index contributed by atoms with van der Waals surface area (Å²) in [5.41, 5.74) is -0.203. The molecule has 4 nitrogen and oxygen atoms in total. The molecule has 37 heavy (non-hydrogen) atoms. The van der Waals surface area contributed by atoms with Crippen LogP contribution < -0.4 is 9.16 Å². The third-order valence-electron chi connectivity index (χ3n) is 5.73. The van der Waals surface area contributed by atoms with Crippen molar-refractivity contribution in [3.8, 4) is 11.5 Å². The van der Waals surface area contributed by atoms with Gasteiger partial charge in [-0.2, -0.15) is 22.0 Å². The Hall–Kier alpha value is -2.34. The molecule has 0 heterocycles. The Kier molecular flexibility index (Phi) is 9.01. The number of nitrogens with zero attached hydrogens (tertiary/aromatic N) is 1. The van der Waals surface area contributed by atoms with E-state index in [4.69, 9.17) is 4.43 Å². The first-order valence-electron chi connectivity index (χ1n) is 11.3. The van der Waals surface area contributed by atoms with Crippen LogP contribution in [-0.2, 0) is 11.0 Å². The molecular weight excluding hydrogens is 536 g/mol. The molecule has 12 heteroatoms. The van der Waals surface area contributed by atoms with Gasteiger partial charge in [0, 0.05) is 17.2 Å². The number of hydrogen-bond donors (Lipinski definition) is 0. The normalized spacial score (nSPS) is 14.6. The fourth-order valence-corrected chi connectivity index (χ4v) is 4.27. The summed E-state index contributed by atoms with van der Waals surface area (Å²) >= 11 is 0. The van der Waals surface area contributed by atoms with Gasteiger partial charge in [0.1, 0.15) is 28.3 Å². The Bertz CT molecular complexity index is 1190. The molecule has 0 aliphatic carbocycles. The minimum atomic E-state index is -4.88. The number of benzene rings is 2. The van der Waals surface area contributed by atoms with Crippen molar-refractivity contribution in [2.24, 2.45) is 4.40 Å². The van der Waals surface area contributed by atoms with Crippen LogP contribution in [0.4, 0.5) is 26.3 Å². The number of rotatable bonds is 8. The Morgan fingerprint density at radius 1 is 0.946 bits per heavy atom. The second kappa shape index (κ2) is 10.8. The van der Waals surface area contributed by atoms with Crippen molar-refractivity contribution in [1.29, 1.82) is 0 Å². The summed E-state index contributed by atoms with van der Waals surface area (Å²) in [5.74, 6) is -2.78. The molecule has 0 bridgehead atoms. The van der Waals surface area contributed by atoms with E-state index in [1.165, 1.54) is 12.1 Å². The molecule has 1 atom stereocenters. The van der Waals surface area contributed by atoms with Crippen molar-refractivity contribution >= 4 is 25.0 Å². The Balaban J connectivity index is 2.72. The van der Waals surface area contributed by atoms with Gasteiger partial charge in [0.2, 0.25) is 0 Å². The molecule has 0 spiro atoms. The number of ether oxygens (including phenoxy) is 1. The zero-order valence-electron chi connectivity index (χ0n) is 21.9. The molecule has 2 rings (SSSR count). The molecular formula is C25H31F6NO3SSi. The minimum Gasteiger partial charge on any atom is -0.542 e. The highest BCUT2D eigenvalue weighted by atomic mass is 32.2. The van der Waals surface area contributed by atoms with Crippen LogP contribution >= 0.6 is 0 Å². The summed E-state index contributed by atoms with van der Waals surface area (Å²) in [6.07, 6.45) is -9.04. The summed E-state index contributed by atoms with van der Waals surface area (Å²) < 4.78 is 108.